The summed E-state index contributed by atoms with van der Waals surface area (Å²) in [6, 6.07) is 3.92. The summed E-state index contributed by atoms with van der Waals surface area (Å²) in [5.74, 6) is 5.86. The molecule has 1 heterocycles. The summed E-state index contributed by atoms with van der Waals surface area (Å²) in [7, 11) is 0. The van der Waals surface area contributed by atoms with Gasteiger partial charge in [0.15, 0.2) is 0 Å². The molecule has 0 aromatic carbocycles. The Morgan fingerprint density at radius 2 is 2.45 bits per heavy atom. The van der Waals surface area contributed by atoms with Crippen molar-refractivity contribution >= 4 is 15.9 Å². The number of aromatic nitrogens is 1. The maximum atomic E-state index is 4.12. The number of aryl methyl sites for hydroxylation is 1. The smallest absolute Gasteiger partial charge is 0.116 e. The first-order chi connectivity index (χ1) is 5.34. The summed E-state index contributed by atoms with van der Waals surface area (Å²) >= 11 is 3.23. The van der Waals surface area contributed by atoms with Gasteiger partial charge in [-0.15, -0.1) is 0 Å². The van der Waals surface area contributed by atoms with E-state index in [1.165, 1.54) is 0 Å². The summed E-state index contributed by atoms with van der Waals surface area (Å²) < 4.78 is 0. The fraction of sp³-hybridized carbons (Fsp3) is 0.222. The Kier molecular flexibility index (Phi) is 3.13. The molecule has 0 radical (unpaired) electrons. The average molecular weight is 210 g/mol. The zero-order valence-electron chi connectivity index (χ0n) is 6.26. The number of nitrogens with zero attached hydrogens (tertiary/aromatic N) is 1. The van der Waals surface area contributed by atoms with E-state index in [9.17, 15) is 0 Å². The highest BCUT2D eigenvalue weighted by molar-refractivity contribution is 9.09. The average Bonchev–Trinajstić information content (AvgIpc) is 2.03. The molecule has 0 spiro atoms. The molecule has 0 N–H and O–H groups in total. The van der Waals surface area contributed by atoms with Crippen molar-refractivity contribution in [2.75, 3.05) is 5.33 Å². The normalized spacial score (nSPS) is 8.55. The van der Waals surface area contributed by atoms with Crippen LogP contribution in [-0.2, 0) is 0 Å². The largest absolute Gasteiger partial charge is 0.248 e. The molecule has 1 rings (SSSR count). The van der Waals surface area contributed by atoms with E-state index in [1.807, 2.05) is 19.1 Å². The van der Waals surface area contributed by atoms with Crippen molar-refractivity contribution in [3.05, 3.63) is 29.6 Å². The first kappa shape index (κ1) is 8.29. The molecule has 0 amide bonds. The first-order valence-corrected chi connectivity index (χ1v) is 4.43. The Morgan fingerprint density at radius 1 is 1.64 bits per heavy atom. The Labute approximate surface area is 75.0 Å². The van der Waals surface area contributed by atoms with Gasteiger partial charge >= 0.3 is 0 Å². The van der Waals surface area contributed by atoms with Crippen LogP contribution < -0.4 is 0 Å². The van der Waals surface area contributed by atoms with Crippen molar-refractivity contribution < 1.29 is 0 Å². The van der Waals surface area contributed by atoms with Gasteiger partial charge in [-0.3, -0.25) is 0 Å². The number of halogens is 1. The molecular formula is C9H8BrN. The standard InChI is InChI=1S/C9H8BrN/c1-8-4-3-7-11-9(8)5-2-6-10/h3-4,7H,6H2,1H3. The predicted octanol–water partition coefficient (Wildman–Crippen LogP) is 2.14. The fourth-order valence-corrected chi connectivity index (χ4v) is 0.874. The number of hydrogen-bond acceptors (Lipinski definition) is 1. The maximum absolute atomic E-state index is 4.12. The van der Waals surface area contributed by atoms with E-state index in [-0.39, 0.29) is 0 Å². The summed E-state index contributed by atoms with van der Waals surface area (Å²) in [6.07, 6.45) is 1.76. The molecular weight excluding hydrogens is 202 g/mol. The highest BCUT2D eigenvalue weighted by atomic mass is 79.9. The fourth-order valence-electron chi connectivity index (χ4n) is 0.734. The van der Waals surface area contributed by atoms with Crippen molar-refractivity contribution in [2.24, 2.45) is 0 Å². The van der Waals surface area contributed by atoms with Gasteiger partial charge in [0.05, 0.1) is 5.33 Å². The Balaban J connectivity index is 2.95. The van der Waals surface area contributed by atoms with E-state index in [0.29, 0.717) is 5.33 Å². The second-order valence-corrected chi connectivity index (χ2v) is 2.67. The number of pyridine rings is 1. The number of hydrogen-bond donors (Lipinski definition) is 0. The van der Waals surface area contributed by atoms with Crippen molar-refractivity contribution in [3.8, 4) is 11.8 Å². The molecule has 0 aliphatic rings. The Hall–Kier alpha value is -0.810. The lowest BCUT2D eigenvalue weighted by Gasteiger charge is -1.92. The summed E-state index contributed by atoms with van der Waals surface area (Å²) in [4.78, 5) is 4.12. The second-order valence-electron chi connectivity index (χ2n) is 2.10. The molecule has 0 saturated heterocycles. The summed E-state index contributed by atoms with van der Waals surface area (Å²) in [5.41, 5.74) is 1.99. The van der Waals surface area contributed by atoms with Crippen LogP contribution in [0.4, 0.5) is 0 Å². The van der Waals surface area contributed by atoms with Gasteiger partial charge in [-0.1, -0.05) is 27.9 Å². The van der Waals surface area contributed by atoms with Gasteiger partial charge in [0.2, 0.25) is 0 Å². The van der Waals surface area contributed by atoms with E-state index < -0.39 is 0 Å². The lowest BCUT2D eigenvalue weighted by Crippen LogP contribution is -1.85. The lowest BCUT2D eigenvalue weighted by molar-refractivity contribution is 1.23. The third-order valence-electron chi connectivity index (χ3n) is 1.28. The Morgan fingerprint density at radius 3 is 3.09 bits per heavy atom. The molecule has 0 aliphatic heterocycles. The number of alkyl halides is 1. The molecule has 0 unspecified atom stereocenters. The monoisotopic (exact) mass is 209 g/mol. The minimum atomic E-state index is 0.697. The van der Waals surface area contributed by atoms with Gasteiger partial charge in [0.1, 0.15) is 5.69 Å². The van der Waals surface area contributed by atoms with E-state index in [1.54, 1.807) is 6.20 Å². The Bertz CT molecular complexity index is 296. The predicted molar refractivity (Wildman–Crippen MR) is 49.6 cm³/mol. The zero-order chi connectivity index (χ0) is 8.10. The molecule has 1 aromatic rings. The van der Waals surface area contributed by atoms with Crippen molar-refractivity contribution in [3.63, 3.8) is 0 Å². The van der Waals surface area contributed by atoms with Gasteiger partial charge in [0, 0.05) is 6.20 Å². The summed E-state index contributed by atoms with van der Waals surface area (Å²) in [5, 5.41) is 0.697. The molecule has 56 valence electrons. The van der Waals surface area contributed by atoms with Crippen LogP contribution in [0.25, 0.3) is 0 Å². The maximum Gasteiger partial charge on any atom is 0.116 e. The molecule has 0 saturated carbocycles. The van der Waals surface area contributed by atoms with Crippen LogP contribution in [0.2, 0.25) is 0 Å². The molecule has 2 heteroatoms. The SMILES string of the molecule is Cc1cccnc1C#CCBr. The molecule has 0 atom stereocenters. The molecule has 0 fully saturated rings. The van der Waals surface area contributed by atoms with Crippen LogP contribution in [-0.4, -0.2) is 10.3 Å². The third kappa shape index (κ3) is 2.36. The van der Waals surface area contributed by atoms with Gasteiger partial charge in [-0.25, -0.2) is 4.98 Å². The highest BCUT2D eigenvalue weighted by Gasteiger charge is 1.90. The van der Waals surface area contributed by atoms with Crippen molar-refractivity contribution in [1.82, 2.24) is 4.98 Å². The van der Waals surface area contributed by atoms with E-state index in [4.69, 9.17) is 0 Å². The van der Waals surface area contributed by atoms with Crippen LogP contribution in [0.3, 0.4) is 0 Å². The molecule has 1 aromatic heterocycles. The van der Waals surface area contributed by atoms with Gasteiger partial charge in [-0.2, -0.15) is 0 Å². The molecule has 11 heavy (non-hydrogen) atoms. The third-order valence-corrected chi connectivity index (χ3v) is 1.56. The minimum absolute atomic E-state index is 0.697. The van der Waals surface area contributed by atoms with Gasteiger partial charge < -0.3 is 0 Å². The van der Waals surface area contributed by atoms with Crippen molar-refractivity contribution in [1.29, 1.82) is 0 Å². The molecule has 1 nitrogen and oxygen atoms in total. The van der Waals surface area contributed by atoms with E-state index in [2.05, 4.69) is 32.8 Å². The van der Waals surface area contributed by atoms with Crippen LogP contribution in [0.5, 0.6) is 0 Å². The van der Waals surface area contributed by atoms with Crippen LogP contribution in [0, 0.1) is 18.8 Å². The zero-order valence-corrected chi connectivity index (χ0v) is 7.85. The second kappa shape index (κ2) is 4.15. The van der Waals surface area contributed by atoms with Crippen LogP contribution in [0.1, 0.15) is 11.3 Å². The number of rotatable bonds is 0. The van der Waals surface area contributed by atoms with E-state index >= 15 is 0 Å². The quantitative estimate of drug-likeness (QED) is 0.472. The van der Waals surface area contributed by atoms with Gasteiger partial charge in [-0.05, 0) is 24.5 Å². The van der Waals surface area contributed by atoms with Crippen LogP contribution in [0.15, 0.2) is 18.3 Å². The first-order valence-electron chi connectivity index (χ1n) is 3.31. The van der Waals surface area contributed by atoms with Crippen molar-refractivity contribution in [2.45, 2.75) is 6.92 Å². The summed E-state index contributed by atoms with van der Waals surface area (Å²) in [6.45, 7) is 2.01. The van der Waals surface area contributed by atoms with Gasteiger partial charge in [0.25, 0.3) is 0 Å². The topological polar surface area (TPSA) is 12.9 Å². The van der Waals surface area contributed by atoms with E-state index in [0.717, 1.165) is 11.3 Å². The lowest BCUT2D eigenvalue weighted by atomic mass is 10.2. The van der Waals surface area contributed by atoms with Crippen LogP contribution >= 0.6 is 15.9 Å². The minimum Gasteiger partial charge on any atom is -0.248 e. The molecule has 0 aliphatic carbocycles. The molecule has 0 bridgehead atoms. The highest BCUT2D eigenvalue weighted by Crippen LogP contribution is 1.99.